The molecule has 3 nitrogen and oxygen atoms in total. The van der Waals surface area contributed by atoms with E-state index in [9.17, 15) is 4.79 Å². The van der Waals surface area contributed by atoms with Crippen molar-refractivity contribution in [1.82, 2.24) is 0 Å². The van der Waals surface area contributed by atoms with Crippen molar-refractivity contribution < 1.29 is 4.79 Å². The van der Waals surface area contributed by atoms with Gasteiger partial charge < -0.3 is 10.2 Å². The predicted molar refractivity (Wildman–Crippen MR) is 105 cm³/mol. The van der Waals surface area contributed by atoms with Crippen LogP contribution in [0, 0.1) is 13.8 Å². The highest BCUT2D eigenvalue weighted by molar-refractivity contribution is 5.91. The Labute approximate surface area is 151 Å². The van der Waals surface area contributed by atoms with Crippen LogP contribution in [0.4, 0.5) is 11.4 Å². The number of rotatable bonds is 5. The van der Waals surface area contributed by atoms with Crippen LogP contribution in [0.1, 0.15) is 42.4 Å². The standard InChI is InChI=1S/C22H28N2O/c1-17-6-7-19(16-18(17)2)8-13-22(25)23-20-9-11-21(12-10-20)24-14-4-3-5-15-24/h6-7,9-12,16H,3-5,8,13-15H2,1-2H3,(H,23,25). The second-order valence-corrected chi connectivity index (χ2v) is 7.06. The lowest BCUT2D eigenvalue weighted by atomic mass is 10.0. The molecule has 3 heteroatoms. The summed E-state index contributed by atoms with van der Waals surface area (Å²) < 4.78 is 0. The largest absolute Gasteiger partial charge is 0.372 e. The summed E-state index contributed by atoms with van der Waals surface area (Å²) in [5.41, 5.74) is 5.94. The van der Waals surface area contributed by atoms with Crippen molar-refractivity contribution in [2.45, 2.75) is 46.0 Å². The van der Waals surface area contributed by atoms with Gasteiger partial charge in [-0.3, -0.25) is 4.79 Å². The average molecular weight is 336 g/mol. The Balaban J connectivity index is 1.51. The molecule has 0 spiro atoms. The highest BCUT2D eigenvalue weighted by atomic mass is 16.1. The molecule has 2 aromatic rings. The number of hydrogen-bond acceptors (Lipinski definition) is 2. The Hall–Kier alpha value is -2.29. The molecule has 3 rings (SSSR count). The van der Waals surface area contributed by atoms with Crippen LogP contribution < -0.4 is 10.2 Å². The highest BCUT2D eigenvalue weighted by Gasteiger charge is 2.11. The smallest absolute Gasteiger partial charge is 0.224 e. The van der Waals surface area contributed by atoms with Gasteiger partial charge >= 0.3 is 0 Å². The number of anilines is 2. The summed E-state index contributed by atoms with van der Waals surface area (Å²) in [6, 6.07) is 14.7. The van der Waals surface area contributed by atoms with Crippen LogP contribution in [0.25, 0.3) is 0 Å². The van der Waals surface area contributed by atoms with E-state index >= 15 is 0 Å². The van der Waals surface area contributed by atoms with Crippen LogP contribution in [0.3, 0.4) is 0 Å². The Bertz CT molecular complexity index is 715. The van der Waals surface area contributed by atoms with Crippen molar-refractivity contribution >= 4 is 17.3 Å². The lowest BCUT2D eigenvalue weighted by molar-refractivity contribution is -0.116. The van der Waals surface area contributed by atoms with E-state index in [4.69, 9.17) is 0 Å². The molecule has 0 bridgehead atoms. The summed E-state index contributed by atoms with van der Waals surface area (Å²) in [4.78, 5) is 14.6. The number of hydrogen-bond donors (Lipinski definition) is 1. The summed E-state index contributed by atoms with van der Waals surface area (Å²) in [5.74, 6) is 0.0731. The number of benzene rings is 2. The number of aryl methyl sites for hydroxylation is 3. The van der Waals surface area contributed by atoms with E-state index in [-0.39, 0.29) is 5.91 Å². The molecule has 0 unspecified atom stereocenters. The topological polar surface area (TPSA) is 32.3 Å². The second-order valence-electron chi connectivity index (χ2n) is 7.06. The summed E-state index contributed by atoms with van der Waals surface area (Å²) in [6.07, 6.45) is 5.17. The molecule has 1 aliphatic rings. The van der Waals surface area contributed by atoms with Gasteiger partial charge in [0.25, 0.3) is 0 Å². The van der Waals surface area contributed by atoms with Gasteiger partial charge in [0.15, 0.2) is 0 Å². The van der Waals surface area contributed by atoms with E-state index in [1.165, 1.54) is 41.6 Å². The van der Waals surface area contributed by atoms with Crippen molar-refractivity contribution in [2.75, 3.05) is 23.3 Å². The Morgan fingerprint density at radius 2 is 1.68 bits per heavy atom. The minimum Gasteiger partial charge on any atom is -0.372 e. The lowest BCUT2D eigenvalue weighted by Gasteiger charge is -2.28. The van der Waals surface area contributed by atoms with Gasteiger partial charge in [0.2, 0.25) is 5.91 Å². The van der Waals surface area contributed by atoms with E-state index in [0.29, 0.717) is 6.42 Å². The summed E-state index contributed by atoms with van der Waals surface area (Å²) in [7, 11) is 0. The number of nitrogens with zero attached hydrogens (tertiary/aromatic N) is 1. The molecule has 1 saturated heterocycles. The van der Waals surface area contributed by atoms with Gasteiger partial charge in [-0.15, -0.1) is 0 Å². The van der Waals surface area contributed by atoms with E-state index in [1.54, 1.807) is 0 Å². The van der Waals surface area contributed by atoms with Crippen molar-refractivity contribution in [2.24, 2.45) is 0 Å². The molecule has 1 fully saturated rings. The summed E-state index contributed by atoms with van der Waals surface area (Å²) in [6.45, 7) is 6.51. The van der Waals surface area contributed by atoms with Gasteiger partial charge in [-0.2, -0.15) is 0 Å². The third-order valence-corrected chi connectivity index (χ3v) is 5.08. The van der Waals surface area contributed by atoms with Gasteiger partial charge in [0, 0.05) is 30.9 Å². The first kappa shape index (κ1) is 17.5. The fourth-order valence-corrected chi connectivity index (χ4v) is 3.35. The van der Waals surface area contributed by atoms with Crippen molar-refractivity contribution in [3.63, 3.8) is 0 Å². The summed E-state index contributed by atoms with van der Waals surface area (Å²) >= 11 is 0. The molecular weight excluding hydrogens is 308 g/mol. The molecule has 2 aromatic carbocycles. The molecule has 1 N–H and O–H groups in total. The maximum Gasteiger partial charge on any atom is 0.224 e. The molecule has 1 amide bonds. The molecule has 0 radical (unpaired) electrons. The predicted octanol–water partition coefficient (Wildman–Crippen LogP) is 4.87. The van der Waals surface area contributed by atoms with Crippen molar-refractivity contribution in [3.8, 4) is 0 Å². The minimum atomic E-state index is 0.0731. The van der Waals surface area contributed by atoms with Crippen LogP contribution in [-0.2, 0) is 11.2 Å². The molecule has 25 heavy (non-hydrogen) atoms. The summed E-state index contributed by atoms with van der Waals surface area (Å²) in [5, 5.41) is 3.01. The van der Waals surface area contributed by atoms with Gasteiger partial charge in [-0.05, 0) is 80.5 Å². The highest BCUT2D eigenvalue weighted by Crippen LogP contribution is 2.22. The molecule has 0 saturated carbocycles. The van der Waals surface area contributed by atoms with Crippen LogP contribution in [0.2, 0.25) is 0 Å². The SMILES string of the molecule is Cc1ccc(CCC(=O)Nc2ccc(N3CCCCC3)cc2)cc1C. The number of carbonyl (C=O) groups excluding carboxylic acids is 1. The van der Waals surface area contributed by atoms with Gasteiger partial charge in [0.05, 0.1) is 0 Å². The van der Waals surface area contributed by atoms with Crippen LogP contribution in [-0.4, -0.2) is 19.0 Å². The van der Waals surface area contributed by atoms with Gasteiger partial charge in [0.1, 0.15) is 0 Å². The van der Waals surface area contributed by atoms with Crippen LogP contribution in [0.15, 0.2) is 42.5 Å². The van der Waals surface area contributed by atoms with E-state index in [0.717, 1.165) is 25.2 Å². The monoisotopic (exact) mass is 336 g/mol. The van der Waals surface area contributed by atoms with Crippen LogP contribution >= 0.6 is 0 Å². The molecule has 0 aromatic heterocycles. The fraction of sp³-hybridized carbons (Fsp3) is 0.409. The Kier molecular flexibility index (Phi) is 5.75. The second kappa shape index (κ2) is 8.19. The Morgan fingerprint density at radius 1 is 0.960 bits per heavy atom. The molecule has 132 valence electrons. The van der Waals surface area contributed by atoms with Gasteiger partial charge in [-0.25, -0.2) is 0 Å². The quantitative estimate of drug-likeness (QED) is 0.845. The first-order chi connectivity index (χ1) is 12.1. The molecular formula is C22H28N2O. The zero-order valence-electron chi connectivity index (χ0n) is 15.3. The number of carbonyl (C=O) groups is 1. The van der Waals surface area contributed by atoms with Crippen molar-refractivity contribution in [1.29, 1.82) is 0 Å². The first-order valence-electron chi connectivity index (χ1n) is 9.33. The van der Waals surface area contributed by atoms with Crippen molar-refractivity contribution in [3.05, 3.63) is 59.2 Å². The zero-order chi connectivity index (χ0) is 17.6. The minimum absolute atomic E-state index is 0.0731. The normalized spacial score (nSPS) is 14.4. The molecule has 0 aliphatic carbocycles. The maximum atomic E-state index is 12.2. The van der Waals surface area contributed by atoms with E-state index < -0.39 is 0 Å². The number of nitrogens with one attached hydrogen (secondary N) is 1. The fourth-order valence-electron chi connectivity index (χ4n) is 3.35. The lowest BCUT2D eigenvalue weighted by Crippen LogP contribution is -2.29. The molecule has 1 aliphatic heterocycles. The Morgan fingerprint density at radius 3 is 2.36 bits per heavy atom. The molecule has 1 heterocycles. The third kappa shape index (κ3) is 4.85. The van der Waals surface area contributed by atoms with Crippen LogP contribution in [0.5, 0.6) is 0 Å². The third-order valence-electron chi connectivity index (χ3n) is 5.08. The average Bonchev–Trinajstić information content (AvgIpc) is 2.64. The van der Waals surface area contributed by atoms with E-state index in [2.05, 4.69) is 54.4 Å². The number of amides is 1. The maximum absolute atomic E-state index is 12.2. The van der Waals surface area contributed by atoms with E-state index in [1.807, 2.05) is 12.1 Å². The van der Waals surface area contributed by atoms with Gasteiger partial charge in [-0.1, -0.05) is 18.2 Å². The number of piperidine rings is 1. The first-order valence-corrected chi connectivity index (χ1v) is 9.33. The molecule has 0 atom stereocenters. The zero-order valence-corrected chi connectivity index (χ0v) is 15.3.